The van der Waals surface area contributed by atoms with Gasteiger partial charge in [0, 0.05) is 4.83 Å². The molecule has 0 aliphatic heterocycles. The first-order chi connectivity index (χ1) is 4.13. The van der Waals surface area contributed by atoms with E-state index in [1.54, 1.807) is 0 Å². The van der Waals surface area contributed by atoms with Crippen molar-refractivity contribution in [2.75, 3.05) is 0 Å². The highest BCUT2D eigenvalue weighted by atomic mass is 79.9. The molecule has 0 amide bonds. The van der Waals surface area contributed by atoms with Gasteiger partial charge in [0.15, 0.2) is 0 Å². The molecule has 0 aromatic carbocycles. The van der Waals surface area contributed by atoms with Crippen LogP contribution in [0.2, 0.25) is 0 Å². The fraction of sp³-hybridized carbons (Fsp3) is 0.750. The summed E-state index contributed by atoms with van der Waals surface area (Å²) >= 11 is 3.47. The Hall–Kier alpha value is 0.220. The average Bonchev–Trinajstić information content (AvgIpc) is 1.63. The van der Waals surface area contributed by atoms with E-state index in [9.17, 15) is 0 Å². The molecule has 0 radical (unpaired) electrons. The molecule has 0 aliphatic carbocycles. The highest BCUT2D eigenvalue weighted by Gasteiger charge is 1.89. The number of hydrogen-bond donors (Lipinski definition) is 0. The van der Waals surface area contributed by atoms with Crippen molar-refractivity contribution in [3.8, 4) is 0 Å². The molecule has 0 N–H and O–H groups in total. The first kappa shape index (κ1) is 9.22. The van der Waals surface area contributed by atoms with Crippen molar-refractivity contribution in [3.05, 3.63) is 12.2 Å². The molecule has 0 nitrogen and oxygen atoms in total. The SMILES string of the molecule is CC(C)C=CCC(C)Br. The third-order valence-corrected chi connectivity index (χ3v) is 1.36. The van der Waals surface area contributed by atoms with Crippen molar-refractivity contribution in [2.45, 2.75) is 32.0 Å². The summed E-state index contributed by atoms with van der Waals surface area (Å²) in [6, 6.07) is 0. The summed E-state index contributed by atoms with van der Waals surface area (Å²) in [5.41, 5.74) is 0. The van der Waals surface area contributed by atoms with E-state index in [0.29, 0.717) is 10.7 Å². The van der Waals surface area contributed by atoms with Crippen LogP contribution in [-0.4, -0.2) is 4.83 Å². The van der Waals surface area contributed by atoms with E-state index in [2.05, 4.69) is 48.9 Å². The van der Waals surface area contributed by atoms with Gasteiger partial charge in [0.1, 0.15) is 0 Å². The molecule has 0 rings (SSSR count). The maximum absolute atomic E-state index is 3.47. The number of hydrogen-bond acceptors (Lipinski definition) is 0. The number of allylic oxidation sites excluding steroid dienone is 2. The van der Waals surface area contributed by atoms with Crippen LogP contribution in [0, 0.1) is 5.92 Å². The third-order valence-electron chi connectivity index (χ3n) is 0.982. The normalized spacial score (nSPS) is 15.2. The molecule has 0 saturated carbocycles. The summed E-state index contributed by atoms with van der Waals surface area (Å²) < 4.78 is 0. The fourth-order valence-electron chi connectivity index (χ4n) is 0.538. The fourth-order valence-corrected chi connectivity index (χ4v) is 0.754. The van der Waals surface area contributed by atoms with Gasteiger partial charge in [-0.05, 0) is 12.3 Å². The van der Waals surface area contributed by atoms with Gasteiger partial charge in [-0.3, -0.25) is 0 Å². The summed E-state index contributed by atoms with van der Waals surface area (Å²) in [4.78, 5) is 0.618. The molecule has 0 fully saturated rings. The number of rotatable bonds is 3. The van der Waals surface area contributed by atoms with E-state index in [0.717, 1.165) is 6.42 Å². The second-order valence-electron chi connectivity index (χ2n) is 2.69. The van der Waals surface area contributed by atoms with Gasteiger partial charge >= 0.3 is 0 Å². The van der Waals surface area contributed by atoms with Crippen molar-refractivity contribution in [1.82, 2.24) is 0 Å². The van der Waals surface area contributed by atoms with Gasteiger partial charge in [0.05, 0.1) is 0 Å². The number of alkyl halides is 1. The smallest absolute Gasteiger partial charge is 0.0152 e. The average molecular weight is 191 g/mol. The monoisotopic (exact) mass is 190 g/mol. The van der Waals surface area contributed by atoms with Crippen LogP contribution in [0.5, 0.6) is 0 Å². The van der Waals surface area contributed by atoms with Crippen molar-refractivity contribution in [1.29, 1.82) is 0 Å². The number of halogens is 1. The molecular formula is C8H15Br. The van der Waals surface area contributed by atoms with Crippen LogP contribution in [0.15, 0.2) is 12.2 Å². The molecule has 0 aliphatic rings. The quantitative estimate of drug-likeness (QED) is 0.473. The standard InChI is InChI=1S/C8H15Br/c1-7(2)5-4-6-8(3)9/h4-5,7-8H,6H2,1-3H3. The molecule has 9 heavy (non-hydrogen) atoms. The second kappa shape index (κ2) is 5.04. The van der Waals surface area contributed by atoms with E-state index in [1.165, 1.54) is 0 Å². The summed E-state index contributed by atoms with van der Waals surface area (Å²) in [5, 5.41) is 0. The maximum Gasteiger partial charge on any atom is 0.0152 e. The topological polar surface area (TPSA) is 0 Å². The third kappa shape index (κ3) is 8.22. The van der Waals surface area contributed by atoms with E-state index in [1.807, 2.05) is 0 Å². The molecule has 0 bridgehead atoms. The van der Waals surface area contributed by atoms with Gasteiger partial charge in [0.25, 0.3) is 0 Å². The molecule has 1 heteroatoms. The highest BCUT2D eigenvalue weighted by molar-refractivity contribution is 9.09. The molecule has 54 valence electrons. The van der Waals surface area contributed by atoms with Crippen molar-refractivity contribution in [2.24, 2.45) is 5.92 Å². The van der Waals surface area contributed by atoms with Crippen LogP contribution in [-0.2, 0) is 0 Å². The van der Waals surface area contributed by atoms with Crippen LogP contribution >= 0.6 is 15.9 Å². The zero-order valence-electron chi connectivity index (χ0n) is 6.39. The molecule has 1 unspecified atom stereocenters. The lowest BCUT2D eigenvalue weighted by molar-refractivity contribution is 0.822. The Labute approximate surface area is 66.5 Å². The Morgan fingerprint density at radius 3 is 2.22 bits per heavy atom. The minimum Gasteiger partial charge on any atom is -0.0890 e. The molecule has 0 saturated heterocycles. The van der Waals surface area contributed by atoms with Crippen molar-refractivity contribution >= 4 is 15.9 Å². The molecule has 0 heterocycles. The van der Waals surface area contributed by atoms with E-state index < -0.39 is 0 Å². The first-order valence-corrected chi connectivity index (χ1v) is 4.35. The van der Waals surface area contributed by atoms with Crippen molar-refractivity contribution < 1.29 is 0 Å². The lowest BCUT2D eigenvalue weighted by Gasteiger charge is -1.96. The minimum atomic E-state index is 0.618. The van der Waals surface area contributed by atoms with Gasteiger partial charge in [-0.1, -0.05) is 48.9 Å². The Morgan fingerprint density at radius 2 is 1.89 bits per heavy atom. The maximum atomic E-state index is 3.47. The molecule has 0 aromatic heterocycles. The predicted molar refractivity (Wildman–Crippen MR) is 47.0 cm³/mol. The van der Waals surface area contributed by atoms with E-state index in [-0.39, 0.29) is 0 Å². The largest absolute Gasteiger partial charge is 0.0890 e. The Morgan fingerprint density at radius 1 is 1.33 bits per heavy atom. The zero-order valence-corrected chi connectivity index (χ0v) is 7.98. The highest BCUT2D eigenvalue weighted by Crippen LogP contribution is 2.05. The van der Waals surface area contributed by atoms with Crippen LogP contribution in [0.4, 0.5) is 0 Å². The summed E-state index contributed by atoms with van der Waals surface area (Å²) in [6.45, 7) is 6.54. The Bertz CT molecular complexity index is 82.6. The van der Waals surface area contributed by atoms with Gasteiger partial charge in [-0.2, -0.15) is 0 Å². The molecule has 1 atom stereocenters. The van der Waals surface area contributed by atoms with Gasteiger partial charge in [-0.25, -0.2) is 0 Å². The van der Waals surface area contributed by atoms with Gasteiger partial charge in [0.2, 0.25) is 0 Å². The lowest BCUT2D eigenvalue weighted by atomic mass is 10.2. The van der Waals surface area contributed by atoms with Crippen LogP contribution in [0.25, 0.3) is 0 Å². The van der Waals surface area contributed by atoms with E-state index >= 15 is 0 Å². The first-order valence-electron chi connectivity index (χ1n) is 3.43. The second-order valence-corrected chi connectivity index (χ2v) is 4.25. The summed E-state index contributed by atoms with van der Waals surface area (Å²) in [7, 11) is 0. The molecule has 0 spiro atoms. The molecule has 0 aromatic rings. The van der Waals surface area contributed by atoms with Crippen molar-refractivity contribution in [3.63, 3.8) is 0 Å². The van der Waals surface area contributed by atoms with E-state index in [4.69, 9.17) is 0 Å². The van der Waals surface area contributed by atoms with Crippen LogP contribution in [0.3, 0.4) is 0 Å². The van der Waals surface area contributed by atoms with Crippen LogP contribution < -0.4 is 0 Å². The summed E-state index contributed by atoms with van der Waals surface area (Å²) in [6.07, 6.45) is 5.60. The predicted octanol–water partition coefficient (Wildman–Crippen LogP) is 3.37. The molecular weight excluding hydrogens is 176 g/mol. The minimum absolute atomic E-state index is 0.618. The van der Waals surface area contributed by atoms with Gasteiger partial charge < -0.3 is 0 Å². The Balaban J connectivity index is 3.25. The summed E-state index contributed by atoms with van der Waals surface area (Å²) in [5.74, 6) is 0.691. The van der Waals surface area contributed by atoms with Crippen LogP contribution in [0.1, 0.15) is 27.2 Å². The van der Waals surface area contributed by atoms with Gasteiger partial charge in [-0.15, -0.1) is 0 Å². The Kier molecular flexibility index (Phi) is 5.16. The zero-order chi connectivity index (χ0) is 7.28. The lowest BCUT2D eigenvalue weighted by Crippen LogP contribution is -1.85.